The van der Waals surface area contributed by atoms with Gasteiger partial charge in [0, 0.05) is 24.6 Å². The summed E-state index contributed by atoms with van der Waals surface area (Å²) in [5.74, 6) is 1.28. The number of carbonyl (C=O) groups is 1. The Morgan fingerprint density at radius 3 is 2.67 bits per heavy atom. The van der Waals surface area contributed by atoms with Crippen molar-refractivity contribution >= 4 is 11.7 Å². The molecule has 2 heterocycles. The third-order valence-electron chi connectivity index (χ3n) is 5.71. The average Bonchev–Trinajstić information content (AvgIpc) is 2.73. The summed E-state index contributed by atoms with van der Waals surface area (Å²) in [5.41, 5.74) is 4.53. The summed E-state index contributed by atoms with van der Waals surface area (Å²) in [6, 6.07) is 4.14. The van der Waals surface area contributed by atoms with Crippen LogP contribution in [0.5, 0.6) is 11.5 Å². The largest absolute Gasteiger partial charge is 0.493 e. The van der Waals surface area contributed by atoms with Gasteiger partial charge in [-0.3, -0.25) is 19.8 Å². The van der Waals surface area contributed by atoms with E-state index < -0.39 is 0 Å². The monoisotopic (exact) mass is 409 g/mol. The number of esters is 1. The Bertz CT molecular complexity index is 971. The molecule has 0 bridgehead atoms. The smallest absolute Gasteiger partial charge is 0.302 e. The normalized spacial score (nSPS) is 22.4. The summed E-state index contributed by atoms with van der Waals surface area (Å²) < 4.78 is 17.0. The molecule has 1 aromatic carbocycles. The molecule has 7 nitrogen and oxygen atoms in total. The second-order valence-corrected chi connectivity index (χ2v) is 7.76. The van der Waals surface area contributed by atoms with Gasteiger partial charge in [-0.25, -0.2) is 0 Å². The number of aliphatic imine (C=N–C) groups is 1. The second kappa shape index (κ2) is 8.42. The van der Waals surface area contributed by atoms with E-state index in [4.69, 9.17) is 19.2 Å². The van der Waals surface area contributed by atoms with E-state index in [2.05, 4.69) is 16.0 Å². The van der Waals surface area contributed by atoms with Gasteiger partial charge in [-0.1, -0.05) is 0 Å². The maximum absolute atomic E-state index is 11.5. The molecule has 1 saturated carbocycles. The van der Waals surface area contributed by atoms with Crippen molar-refractivity contribution in [3.05, 3.63) is 47.0 Å². The molecule has 4 rings (SSSR count). The lowest BCUT2D eigenvalue weighted by Gasteiger charge is -2.38. The molecule has 0 N–H and O–H groups in total. The summed E-state index contributed by atoms with van der Waals surface area (Å²) in [6.07, 6.45) is 5.83. The Morgan fingerprint density at radius 1 is 1.17 bits per heavy atom. The molecule has 2 aliphatic rings. The van der Waals surface area contributed by atoms with E-state index in [0.717, 1.165) is 47.5 Å². The maximum Gasteiger partial charge on any atom is 0.302 e. The summed E-state index contributed by atoms with van der Waals surface area (Å²) in [7, 11) is 1.63. The first-order valence-electron chi connectivity index (χ1n) is 10.4. The van der Waals surface area contributed by atoms with E-state index in [1.54, 1.807) is 19.5 Å². The third kappa shape index (κ3) is 3.88. The summed E-state index contributed by atoms with van der Waals surface area (Å²) >= 11 is 0. The molecule has 0 unspecified atom stereocenters. The standard InChI is InChI=1S/C23H27N3O4/c1-5-29-22-9-16-17-8-15(30-14(3)27)6-7-19(17)26-23(18(16)10-21(22)28-4)20-12-24-13(2)11-25-20/h9-12,15,17,19H,5-8H2,1-4H3/t15-,17-,19-/m1/s1. The Morgan fingerprint density at radius 2 is 2.00 bits per heavy atom. The Balaban J connectivity index is 1.82. The van der Waals surface area contributed by atoms with E-state index >= 15 is 0 Å². The van der Waals surface area contributed by atoms with Crippen molar-refractivity contribution < 1.29 is 19.0 Å². The van der Waals surface area contributed by atoms with E-state index in [-0.39, 0.29) is 24.0 Å². The zero-order valence-corrected chi connectivity index (χ0v) is 17.8. The zero-order chi connectivity index (χ0) is 21.3. The number of nitrogens with zero attached hydrogens (tertiary/aromatic N) is 3. The second-order valence-electron chi connectivity index (χ2n) is 7.76. The van der Waals surface area contributed by atoms with Gasteiger partial charge in [0.2, 0.25) is 0 Å². The number of methoxy groups -OCH3 is 1. The average molecular weight is 409 g/mol. The highest BCUT2D eigenvalue weighted by atomic mass is 16.5. The Labute approximate surface area is 176 Å². The van der Waals surface area contributed by atoms with Crippen LogP contribution in [0, 0.1) is 6.92 Å². The van der Waals surface area contributed by atoms with Crippen molar-refractivity contribution in [2.45, 2.75) is 58.1 Å². The number of aryl methyl sites for hydroxylation is 1. The minimum absolute atomic E-state index is 0.0924. The molecule has 158 valence electrons. The molecule has 0 amide bonds. The van der Waals surface area contributed by atoms with Gasteiger partial charge in [0.1, 0.15) is 11.8 Å². The highest BCUT2D eigenvalue weighted by molar-refractivity contribution is 6.13. The predicted octanol–water partition coefficient (Wildman–Crippen LogP) is 3.61. The van der Waals surface area contributed by atoms with Crippen LogP contribution in [-0.2, 0) is 9.53 Å². The van der Waals surface area contributed by atoms with Crippen molar-refractivity contribution in [3.8, 4) is 11.5 Å². The molecule has 7 heteroatoms. The van der Waals surface area contributed by atoms with Crippen LogP contribution < -0.4 is 9.47 Å². The molecule has 0 saturated heterocycles. The first-order chi connectivity index (χ1) is 14.5. The molecular formula is C23H27N3O4. The first kappa shape index (κ1) is 20.3. The quantitative estimate of drug-likeness (QED) is 0.702. The van der Waals surface area contributed by atoms with Crippen LogP contribution in [0.3, 0.4) is 0 Å². The minimum Gasteiger partial charge on any atom is -0.493 e. The van der Waals surface area contributed by atoms with Crippen LogP contribution >= 0.6 is 0 Å². The van der Waals surface area contributed by atoms with E-state index in [1.165, 1.54) is 6.92 Å². The van der Waals surface area contributed by atoms with Crippen molar-refractivity contribution in [2.75, 3.05) is 13.7 Å². The Hall–Kier alpha value is -2.96. The van der Waals surface area contributed by atoms with Gasteiger partial charge in [0.25, 0.3) is 0 Å². The van der Waals surface area contributed by atoms with Crippen LogP contribution in [0.1, 0.15) is 61.5 Å². The molecule has 1 aromatic heterocycles. The summed E-state index contributed by atoms with van der Waals surface area (Å²) in [5, 5.41) is 0. The van der Waals surface area contributed by atoms with Gasteiger partial charge in [-0.2, -0.15) is 0 Å². The molecule has 0 spiro atoms. The fourth-order valence-electron chi connectivity index (χ4n) is 4.42. The van der Waals surface area contributed by atoms with Gasteiger partial charge in [0.15, 0.2) is 11.5 Å². The van der Waals surface area contributed by atoms with Crippen molar-refractivity contribution in [3.63, 3.8) is 0 Å². The first-order valence-corrected chi connectivity index (χ1v) is 10.4. The fraction of sp³-hybridized carbons (Fsp3) is 0.478. The van der Waals surface area contributed by atoms with Gasteiger partial charge < -0.3 is 14.2 Å². The number of benzene rings is 1. The summed E-state index contributed by atoms with van der Waals surface area (Å²) in [6.45, 7) is 5.87. The molecule has 0 radical (unpaired) electrons. The van der Waals surface area contributed by atoms with E-state index in [1.807, 2.05) is 19.9 Å². The molecule has 30 heavy (non-hydrogen) atoms. The number of hydrogen-bond donors (Lipinski definition) is 0. The van der Waals surface area contributed by atoms with Gasteiger partial charge in [0.05, 0.1) is 37.4 Å². The van der Waals surface area contributed by atoms with Crippen LogP contribution in [0.4, 0.5) is 0 Å². The lowest BCUT2D eigenvalue weighted by molar-refractivity contribution is -0.148. The number of hydrogen-bond acceptors (Lipinski definition) is 7. The topological polar surface area (TPSA) is 82.9 Å². The minimum atomic E-state index is -0.238. The van der Waals surface area contributed by atoms with Gasteiger partial charge >= 0.3 is 5.97 Å². The predicted molar refractivity (Wildman–Crippen MR) is 113 cm³/mol. The van der Waals surface area contributed by atoms with Crippen LogP contribution in [-0.4, -0.2) is 47.5 Å². The summed E-state index contributed by atoms with van der Waals surface area (Å²) in [4.78, 5) is 25.6. The number of carbonyl (C=O) groups excluding carboxylic acids is 1. The molecule has 3 atom stereocenters. The van der Waals surface area contributed by atoms with Gasteiger partial charge in [-0.05, 0) is 50.8 Å². The number of rotatable bonds is 5. The highest BCUT2D eigenvalue weighted by Gasteiger charge is 2.39. The van der Waals surface area contributed by atoms with Crippen molar-refractivity contribution in [2.24, 2.45) is 4.99 Å². The van der Waals surface area contributed by atoms with Gasteiger partial charge in [-0.15, -0.1) is 0 Å². The third-order valence-corrected chi connectivity index (χ3v) is 5.71. The number of fused-ring (bicyclic) bond motifs is 3. The molecule has 1 fully saturated rings. The highest BCUT2D eigenvalue weighted by Crippen LogP contribution is 2.45. The van der Waals surface area contributed by atoms with Crippen molar-refractivity contribution in [1.82, 2.24) is 9.97 Å². The zero-order valence-electron chi connectivity index (χ0n) is 17.8. The number of aromatic nitrogens is 2. The lowest BCUT2D eigenvalue weighted by atomic mass is 9.74. The fourth-order valence-corrected chi connectivity index (χ4v) is 4.42. The molecule has 1 aliphatic heterocycles. The Kier molecular flexibility index (Phi) is 5.70. The molecular weight excluding hydrogens is 382 g/mol. The van der Waals surface area contributed by atoms with E-state index in [0.29, 0.717) is 18.1 Å². The van der Waals surface area contributed by atoms with Crippen LogP contribution in [0.25, 0.3) is 0 Å². The van der Waals surface area contributed by atoms with Crippen LogP contribution in [0.2, 0.25) is 0 Å². The van der Waals surface area contributed by atoms with Crippen LogP contribution in [0.15, 0.2) is 29.5 Å². The van der Waals surface area contributed by atoms with Crippen molar-refractivity contribution in [1.29, 1.82) is 0 Å². The lowest BCUT2D eigenvalue weighted by Crippen LogP contribution is -2.36. The maximum atomic E-state index is 11.5. The molecule has 2 aromatic rings. The van der Waals surface area contributed by atoms with E-state index in [9.17, 15) is 4.79 Å². The SMILES string of the molecule is CCOc1cc2c(cc1OC)C(c1cnc(C)cn1)=N[C@@H]1CC[C@@H](OC(C)=O)C[C@H]21. The number of ether oxygens (including phenoxy) is 3. The molecule has 1 aliphatic carbocycles.